The van der Waals surface area contributed by atoms with Crippen LogP contribution in [0.25, 0.3) is 0 Å². The Morgan fingerprint density at radius 2 is 2.28 bits per heavy atom. The van der Waals surface area contributed by atoms with Crippen molar-refractivity contribution < 1.29 is 4.74 Å². The van der Waals surface area contributed by atoms with E-state index in [0.29, 0.717) is 12.6 Å². The summed E-state index contributed by atoms with van der Waals surface area (Å²) < 4.78 is 6.85. The van der Waals surface area contributed by atoms with E-state index in [1.165, 1.54) is 18.4 Å². The van der Waals surface area contributed by atoms with Crippen LogP contribution in [0.3, 0.4) is 0 Å². The van der Waals surface area contributed by atoms with Crippen LogP contribution in [0.15, 0.2) is 22.7 Å². The highest BCUT2D eigenvalue weighted by Gasteiger charge is 2.20. The molecule has 1 fully saturated rings. The Bertz CT molecular complexity index is 457. The first-order valence-corrected chi connectivity index (χ1v) is 7.13. The van der Waals surface area contributed by atoms with Crippen molar-refractivity contribution in [3.05, 3.63) is 28.2 Å². The van der Waals surface area contributed by atoms with Crippen molar-refractivity contribution in [3.8, 4) is 17.6 Å². The molecule has 0 atom stereocenters. The molecule has 0 aromatic heterocycles. The number of ether oxygens (including phenoxy) is 1. The van der Waals surface area contributed by atoms with Crippen LogP contribution < -0.4 is 10.1 Å². The summed E-state index contributed by atoms with van der Waals surface area (Å²) in [5.41, 5.74) is 1.21. The van der Waals surface area contributed by atoms with Gasteiger partial charge in [0.25, 0.3) is 0 Å². The number of rotatable bonds is 6. The highest BCUT2D eigenvalue weighted by molar-refractivity contribution is 9.10. The summed E-state index contributed by atoms with van der Waals surface area (Å²) in [7, 11) is 0. The van der Waals surface area contributed by atoms with Gasteiger partial charge in [0.15, 0.2) is 0 Å². The van der Waals surface area contributed by atoms with Crippen LogP contribution in [-0.2, 0) is 6.54 Å². The average molecular weight is 308 g/mol. The van der Waals surface area contributed by atoms with Crippen LogP contribution in [0.1, 0.15) is 31.7 Å². The molecule has 1 aliphatic carbocycles. The van der Waals surface area contributed by atoms with E-state index in [4.69, 9.17) is 4.74 Å². The molecule has 1 aromatic rings. The lowest BCUT2D eigenvalue weighted by Gasteiger charge is -2.13. The van der Waals surface area contributed by atoms with Crippen molar-refractivity contribution in [2.24, 2.45) is 0 Å². The number of benzene rings is 1. The van der Waals surface area contributed by atoms with Gasteiger partial charge in [0.1, 0.15) is 5.75 Å². The van der Waals surface area contributed by atoms with E-state index in [2.05, 4.69) is 39.2 Å². The van der Waals surface area contributed by atoms with Gasteiger partial charge in [-0.05, 0) is 41.8 Å². The maximum Gasteiger partial charge on any atom is 0.137 e. The Hall–Kier alpha value is -0.980. The number of nitrogens with one attached hydrogen (secondary N) is 1. The monoisotopic (exact) mass is 307 g/mol. The van der Waals surface area contributed by atoms with Crippen molar-refractivity contribution in [1.82, 2.24) is 5.32 Å². The normalized spacial score (nSPS) is 13.9. The maximum absolute atomic E-state index is 5.83. The zero-order valence-corrected chi connectivity index (χ0v) is 12.2. The third kappa shape index (κ3) is 4.04. The van der Waals surface area contributed by atoms with Crippen molar-refractivity contribution in [3.63, 3.8) is 0 Å². The Labute approximate surface area is 117 Å². The first-order valence-electron chi connectivity index (χ1n) is 6.34. The molecule has 0 aliphatic heterocycles. The summed E-state index contributed by atoms with van der Waals surface area (Å²) in [6, 6.07) is 6.89. The fraction of sp³-hybridized carbons (Fsp3) is 0.467. The molecule has 1 aromatic carbocycles. The highest BCUT2D eigenvalue weighted by atomic mass is 79.9. The maximum atomic E-state index is 5.83. The lowest BCUT2D eigenvalue weighted by Crippen LogP contribution is -2.16. The molecule has 1 N–H and O–H groups in total. The Balaban J connectivity index is 1.96. The largest absolute Gasteiger partial charge is 0.491 e. The van der Waals surface area contributed by atoms with Crippen LogP contribution in [0.5, 0.6) is 5.75 Å². The molecule has 0 bridgehead atoms. The minimum absolute atomic E-state index is 0.639. The van der Waals surface area contributed by atoms with E-state index < -0.39 is 0 Å². The molecule has 18 heavy (non-hydrogen) atoms. The minimum Gasteiger partial charge on any atom is -0.491 e. The van der Waals surface area contributed by atoms with Crippen LogP contribution in [-0.4, -0.2) is 12.6 Å². The molecule has 0 saturated heterocycles. The molecule has 3 heteroatoms. The summed E-state index contributed by atoms with van der Waals surface area (Å²) in [4.78, 5) is 0. The smallest absolute Gasteiger partial charge is 0.137 e. The van der Waals surface area contributed by atoms with Crippen LogP contribution in [0.4, 0.5) is 0 Å². The third-order valence-corrected chi connectivity index (χ3v) is 3.48. The molecule has 0 amide bonds. The molecular formula is C15H18BrNO. The second-order valence-corrected chi connectivity index (χ2v) is 5.26. The standard InChI is InChI=1S/C15H18BrNO/c1-2-3-4-10-18-15-12(6-5-7-14(15)16)11-17-13-8-9-13/h5-7,13,17H,4,8-11H2,1H3. The predicted octanol–water partition coefficient (Wildman–Crippen LogP) is 3.49. The lowest BCUT2D eigenvalue weighted by molar-refractivity contribution is 0.320. The second kappa shape index (κ2) is 6.82. The van der Waals surface area contributed by atoms with Gasteiger partial charge in [-0.15, -0.1) is 11.8 Å². The first-order chi connectivity index (χ1) is 8.81. The minimum atomic E-state index is 0.639. The molecule has 0 spiro atoms. The van der Waals surface area contributed by atoms with Crippen molar-refractivity contribution in [2.75, 3.05) is 6.61 Å². The number of hydrogen-bond acceptors (Lipinski definition) is 2. The summed E-state index contributed by atoms with van der Waals surface area (Å²) in [6.07, 6.45) is 3.37. The molecule has 0 radical (unpaired) electrons. The van der Waals surface area contributed by atoms with E-state index in [0.717, 1.165) is 23.2 Å². The molecule has 0 unspecified atom stereocenters. The van der Waals surface area contributed by atoms with Gasteiger partial charge in [0.05, 0.1) is 11.1 Å². The Morgan fingerprint density at radius 1 is 1.44 bits per heavy atom. The van der Waals surface area contributed by atoms with Crippen molar-refractivity contribution >= 4 is 15.9 Å². The quantitative estimate of drug-likeness (QED) is 0.641. The van der Waals surface area contributed by atoms with E-state index in [9.17, 15) is 0 Å². The molecule has 0 heterocycles. The van der Waals surface area contributed by atoms with Gasteiger partial charge in [-0.25, -0.2) is 0 Å². The van der Waals surface area contributed by atoms with Gasteiger partial charge < -0.3 is 10.1 Å². The van der Waals surface area contributed by atoms with E-state index in [1.54, 1.807) is 0 Å². The molecular weight excluding hydrogens is 290 g/mol. The number of hydrogen-bond donors (Lipinski definition) is 1. The summed E-state index contributed by atoms with van der Waals surface area (Å²) >= 11 is 3.55. The van der Waals surface area contributed by atoms with Gasteiger partial charge in [-0.2, -0.15) is 0 Å². The fourth-order valence-electron chi connectivity index (χ4n) is 1.73. The van der Waals surface area contributed by atoms with Crippen molar-refractivity contribution in [1.29, 1.82) is 0 Å². The first kappa shape index (κ1) is 13.5. The van der Waals surface area contributed by atoms with Gasteiger partial charge in [-0.3, -0.25) is 0 Å². The number of para-hydroxylation sites is 1. The molecule has 2 rings (SSSR count). The highest BCUT2D eigenvalue weighted by Crippen LogP contribution is 2.30. The Kier molecular flexibility index (Phi) is 5.10. The van der Waals surface area contributed by atoms with E-state index >= 15 is 0 Å². The molecule has 1 saturated carbocycles. The summed E-state index contributed by atoms with van der Waals surface area (Å²) in [6.45, 7) is 3.36. The predicted molar refractivity (Wildman–Crippen MR) is 77.6 cm³/mol. The van der Waals surface area contributed by atoms with Gasteiger partial charge in [0, 0.05) is 24.6 Å². The SMILES string of the molecule is CC#CCCOc1c(Br)cccc1CNC1CC1. The number of halogens is 1. The molecule has 96 valence electrons. The lowest BCUT2D eigenvalue weighted by atomic mass is 10.2. The second-order valence-electron chi connectivity index (χ2n) is 4.41. The molecule has 2 nitrogen and oxygen atoms in total. The average Bonchev–Trinajstić information content (AvgIpc) is 3.18. The van der Waals surface area contributed by atoms with E-state index in [-0.39, 0.29) is 0 Å². The molecule has 1 aliphatic rings. The van der Waals surface area contributed by atoms with E-state index in [1.807, 2.05) is 19.1 Å². The fourth-order valence-corrected chi connectivity index (χ4v) is 2.25. The van der Waals surface area contributed by atoms with Gasteiger partial charge >= 0.3 is 0 Å². The third-order valence-electron chi connectivity index (χ3n) is 2.86. The van der Waals surface area contributed by atoms with Crippen LogP contribution in [0, 0.1) is 11.8 Å². The van der Waals surface area contributed by atoms with Crippen LogP contribution >= 0.6 is 15.9 Å². The van der Waals surface area contributed by atoms with Crippen LogP contribution in [0.2, 0.25) is 0 Å². The summed E-state index contributed by atoms with van der Waals surface area (Å²) in [5, 5.41) is 3.51. The topological polar surface area (TPSA) is 21.3 Å². The van der Waals surface area contributed by atoms with Crippen molar-refractivity contribution in [2.45, 2.75) is 38.8 Å². The van der Waals surface area contributed by atoms with Gasteiger partial charge in [-0.1, -0.05) is 12.1 Å². The summed E-state index contributed by atoms with van der Waals surface area (Å²) in [5.74, 6) is 6.84. The zero-order valence-electron chi connectivity index (χ0n) is 10.6. The Morgan fingerprint density at radius 3 is 3.00 bits per heavy atom. The van der Waals surface area contributed by atoms with Gasteiger partial charge in [0.2, 0.25) is 0 Å². The zero-order chi connectivity index (χ0) is 12.8.